The zero-order chi connectivity index (χ0) is 25.5. The van der Waals surface area contributed by atoms with E-state index in [1.54, 1.807) is 30.4 Å². The van der Waals surface area contributed by atoms with Gasteiger partial charge in [-0.05, 0) is 35.9 Å². The molecule has 4 heterocycles. The van der Waals surface area contributed by atoms with Crippen LogP contribution >= 0.6 is 0 Å². The lowest BCUT2D eigenvalue weighted by molar-refractivity contribution is -0.125. The predicted molar refractivity (Wildman–Crippen MR) is 140 cm³/mol. The number of nitrogens with one attached hydrogen (secondary N) is 2. The first-order chi connectivity index (χ1) is 18.0. The average molecular weight is 495 g/mol. The van der Waals surface area contributed by atoms with Crippen LogP contribution < -0.4 is 10.6 Å². The van der Waals surface area contributed by atoms with Gasteiger partial charge < -0.3 is 24.5 Å². The van der Waals surface area contributed by atoms with E-state index in [1.807, 2.05) is 37.4 Å². The van der Waals surface area contributed by atoms with Crippen molar-refractivity contribution in [1.29, 1.82) is 0 Å². The number of carbonyl (C=O) groups excluding carboxylic acids is 2. The molecule has 0 bridgehead atoms. The fourth-order valence-corrected chi connectivity index (χ4v) is 5.21. The highest BCUT2D eigenvalue weighted by Gasteiger charge is 2.38. The number of para-hydroxylation sites is 1. The Bertz CT molecular complexity index is 1650. The number of amides is 2. The lowest BCUT2D eigenvalue weighted by atomic mass is 9.95. The molecule has 3 aromatic heterocycles. The Hall–Kier alpha value is -4.66. The molecule has 0 fully saturated rings. The number of carbonyl (C=O) groups is 2. The number of hydrogen-bond donors (Lipinski definition) is 2. The van der Waals surface area contributed by atoms with Crippen LogP contribution in [0.1, 0.15) is 27.4 Å². The van der Waals surface area contributed by atoms with Crippen molar-refractivity contribution in [3.05, 3.63) is 89.8 Å². The minimum absolute atomic E-state index is 0.199. The summed E-state index contributed by atoms with van der Waals surface area (Å²) >= 11 is 0. The second kappa shape index (κ2) is 9.09. The van der Waals surface area contributed by atoms with Crippen LogP contribution in [0, 0.1) is 0 Å². The van der Waals surface area contributed by atoms with E-state index >= 15 is 0 Å². The Balaban J connectivity index is 1.29. The molecule has 9 heteroatoms. The molecule has 6 rings (SSSR count). The maximum atomic E-state index is 13.8. The highest BCUT2D eigenvalue weighted by molar-refractivity contribution is 5.98. The summed E-state index contributed by atoms with van der Waals surface area (Å²) in [5, 5.41) is 7.19. The molecule has 1 aliphatic rings. The number of furan rings is 1. The molecule has 37 heavy (non-hydrogen) atoms. The number of hydrogen-bond acceptors (Lipinski definition) is 6. The van der Waals surface area contributed by atoms with Gasteiger partial charge in [0.25, 0.3) is 5.91 Å². The molecule has 2 aromatic carbocycles. The van der Waals surface area contributed by atoms with Crippen molar-refractivity contribution < 1.29 is 14.0 Å². The minimum atomic E-state index is -0.638. The second-order valence-electron chi connectivity index (χ2n) is 9.16. The van der Waals surface area contributed by atoms with Gasteiger partial charge in [-0.3, -0.25) is 19.6 Å². The summed E-state index contributed by atoms with van der Waals surface area (Å²) in [6.45, 7) is 0.690. The van der Waals surface area contributed by atoms with Crippen molar-refractivity contribution in [2.45, 2.75) is 25.6 Å². The van der Waals surface area contributed by atoms with Crippen molar-refractivity contribution in [2.75, 3.05) is 12.4 Å². The van der Waals surface area contributed by atoms with Gasteiger partial charge in [-0.25, -0.2) is 0 Å². The number of nitrogens with zero attached hydrogens (tertiary/aromatic N) is 4. The molecule has 2 amide bonds. The first kappa shape index (κ1) is 22.8. The fourth-order valence-electron chi connectivity index (χ4n) is 5.21. The Morgan fingerprint density at radius 1 is 1.08 bits per heavy atom. The first-order valence-electron chi connectivity index (χ1n) is 12.1. The van der Waals surface area contributed by atoms with Crippen molar-refractivity contribution >= 4 is 39.4 Å². The summed E-state index contributed by atoms with van der Waals surface area (Å²) < 4.78 is 7.79. The Morgan fingerprint density at radius 3 is 2.73 bits per heavy atom. The number of fused-ring (bicyclic) bond motifs is 4. The minimum Gasteiger partial charge on any atom is -0.459 e. The van der Waals surface area contributed by atoms with Crippen LogP contribution in [0.4, 0.5) is 5.69 Å². The highest BCUT2D eigenvalue weighted by Crippen LogP contribution is 2.33. The summed E-state index contributed by atoms with van der Waals surface area (Å²) in [7, 11) is 3.60. The molecule has 5 aromatic rings. The third kappa shape index (κ3) is 3.88. The van der Waals surface area contributed by atoms with Crippen LogP contribution in [0.25, 0.3) is 21.9 Å². The molecule has 0 saturated heterocycles. The summed E-state index contributed by atoms with van der Waals surface area (Å²) in [5.74, 6) is -0.282. The van der Waals surface area contributed by atoms with E-state index in [0.717, 1.165) is 38.9 Å². The molecule has 186 valence electrons. The number of anilines is 1. The average Bonchev–Trinajstić information content (AvgIpc) is 3.53. The van der Waals surface area contributed by atoms with Crippen LogP contribution in [0.2, 0.25) is 0 Å². The summed E-state index contributed by atoms with van der Waals surface area (Å²) in [5.41, 5.74) is 6.38. The number of rotatable bonds is 5. The van der Waals surface area contributed by atoms with E-state index in [9.17, 15) is 9.59 Å². The molecule has 1 atom stereocenters. The lowest BCUT2D eigenvalue weighted by Crippen LogP contribution is -2.52. The fraction of sp³-hybridized carbons (Fsp3) is 0.214. The van der Waals surface area contributed by atoms with Gasteiger partial charge in [0.2, 0.25) is 5.91 Å². The van der Waals surface area contributed by atoms with E-state index in [2.05, 4.69) is 37.3 Å². The molecule has 0 radical (unpaired) electrons. The number of aryl methyl sites for hydroxylation is 1. The van der Waals surface area contributed by atoms with Crippen LogP contribution in [0.15, 0.2) is 71.6 Å². The molecule has 0 spiro atoms. The van der Waals surface area contributed by atoms with Crippen molar-refractivity contribution in [3.63, 3.8) is 0 Å². The third-order valence-corrected chi connectivity index (χ3v) is 7.14. The van der Waals surface area contributed by atoms with Gasteiger partial charge in [0.05, 0.1) is 23.8 Å². The maximum absolute atomic E-state index is 13.8. The molecular weight excluding hydrogens is 468 g/mol. The Labute approximate surface area is 213 Å². The molecule has 2 N–H and O–H groups in total. The highest BCUT2D eigenvalue weighted by atomic mass is 16.3. The van der Waals surface area contributed by atoms with E-state index < -0.39 is 6.04 Å². The number of aromatic nitrogens is 3. The molecule has 1 aliphatic heterocycles. The maximum Gasteiger partial charge on any atom is 0.290 e. The summed E-state index contributed by atoms with van der Waals surface area (Å²) in [4.78, 5) is 37.0. The van der Waals surface area contributed by atoms with Gasteiger partial charge in [0, 0.05) is 67.3 Å². The zero-order valence-electron chi connectivity index (χ0n) is 20.6. The van der Waals surface area contributed by atoms with Crippen molar-refractivity contribution in [2.24, 2.45) is 7.05 Å². The smallest absolute Gasteiger partial charge is 0.290 e. The second-order valence-corrected chi connectivity index (χ2v) is 9.16. The van der Waals surface area contributed by atoms with E-state index in [-0.39, 0.29) is 17.6 Å². The molecule has 1 unspecified atom stereocenters. The number of likely N-dealkylation sites (N-methyl/N-ethyl adjacent to an activating group) is 1. The predicted octanol–water partition coefficient (Wildman–Crippen LogP) is 3.64. The van der Waals surface area contributed by atoms with Gasteiger partial charge in [-0.15, -0.1) is 0 Å². The summed E-state index contributed by atoms with van der Waals surface area (Å²) in [6.07, 6.45) is 5.26. The van der Waals surface area contributed by atoms with Crippen LogP contribution in [0.5, 0.6) is 0 Å². The molecule has 0 aliphatic carbocycles. The largest absolute Gasteiger partial charge is 0.459 e. The van der Waals surface area contributed by atoms with Gasteiger partial charge in [-0.2, -0.15) is 0 Å². The monoisotopic (exact) mass is 494 g/mol. The third-order valence-electron chi connectivity index (χ3n) is 7.14. The van der Waals surface area contributed by atoms with Crippen molar-refractivity contribution in [3.8, 4) is 0 Å². The lowest BCUT2D eigenvalue weighted by Gasteiger charge is -2.34. The molecule has 9 nitrogen and oxygen atoms in total. The van der Waals surface area contributed by atoms with E-state index in [0.29, 0.717) is 25.1 Å². The van der Waals surface area contributed by atoms with Gasteiger partial charge in [0.15, 0.2) is 5.76 Å². The Morgan fingerprint density at radius 2 is 1.89 bits per heavy atom. The SMILES string of the molecule is CNC(=O)C1Cc2c(n(C)c3ccccc23)CN1C(=O)c1occc1CNc1ccc2nccnc2c1. The van der Waals surface area contributed by atoms with Crippen LogP contribution in [0.3, 0.4) is 0 Å². The van der Waals surface area contributed by atoms with Gasteiger partial charge in [-0.1, -0.05) is 18.2 Å². The van der Waals surface area contributed by atoms with Gasteiger partial charge >= 0.3 is 0 Å². The molecular formula is C28H26N6O3. The molecule has 0 saturated carbocycles. The van der Waals surface area contributed by atoms with Crippen molar-refractivity contribution in [1.82, 2.24) is 24.8 Å². The van der Waals surface area contributed by atoms with Gasteiger partial charge in [0.1, 0.15) is 6.04 Å². The standard InChI is InChI=1S/C28H26N6O3/c1-29-27(35)24-14-20-19-5-3-4-6-23(19)33(2)25(20)16-34(24)28(36)26-17(9-12-37-26)15-32-18-7-8-21-22(13-18)31-11-10-30-21/h3-13,24,32H,14-16H2,1-2H3,(H,29,35). The van der Waals surface area contributed by atoms with E-state index in [4.69, 9.17) is 4.42 Å². The first-order valence-corrected chi connectivity index (χ1v) is 12.1. The normalized spacial score (nSPS) is 15.1. The zero-order valence-corrected chi connectivity index (χ0v) is 20.6. The summed E-state index contributed by atoms with van der Waals surface area (Å²) in [6, 6.07) is 15.0. The Kier molecular flexibility index (Phi) is 5.60. The quantitative estimate of drug-likeness (QED) is 0.387. The topological polar surface area (TPSA) is 105 Å². The van der Waals surface area contributed by atoms with Crippen LogP contribution in [-0.2, 0) is 31.4 Å². The number of benzene rings is 2. The van der Waals surface area contributed by atoms with E-state index in [1.165, 1.54) is 6.26 Å². The van der Waals surface area contributed by atoms with Crippen LogP contribution in [-0.4, -0.2) is 44.3 Å².